The Morgan fingerprint density at radius 1 is 1.62 bits per heavy atom. The van der Waals surface area contributed by atoms with Gasteiger partial charge in [0.15, 0.2) is 0 Å². The van der Waals surface area contributed by atoms with Crippen LogP contribution in [0, 0.1) is 6.92 Å². The van der Waals surface area contributed by atoms with E-state index in [-0.39, 0.29) is 0 Å². The number of halogens is 2. The van der Waals surface area contributed by atoms with Crippen LogP contribution in [-0.2, 0) is 0 Å². The Labute approximate surface area is 95.2 Å². The normalized spacial score (nSPS) is 11.9. The number of rotatable bonds is 1. The smallest absolute Gasteiger partial charge is 0.131 e. The molecule has 0 fully saturated rings. The summed E-state index contributed by atoms with van der Waals surface area (Å²) in [6, 6.07) is 1.85. The highest BCUT2D eigenvalue weighted by molar-refractivity contribution is 14.2. The standard InChI is InChI=1S/C7H6ClIN3P/c1-4-5-3-10-7(8)2-6(5)12(11-4)13-9/h2-3,13H,1H3. The molecule has 0 saturated carbocycles. The van der Waals surface area contributed by atoms with Crippen LogP contribution < -0.4 is 0 Å². The Hall–Kier alpha value is 0.0700. The first-order valence-electron chi connectivity index (χ1n) is 3.60. The van der Waals surface area contributed by atoms with Gasteiger partial charge in [-0.2, -0.15) is 5.10 Å². The minimum atomic E-state index is 0.517. The second-order valence-corrected chi connectivity index (χ2v) is 5.03. The van der Waals surface area contributed by atoms with Gasteiger partial charge in [0.05, 0.1) is 17.6 Å². The van der Waals surface area contributed by atoms with Crippen LogP contribution in [-0.4, -0.2) is 14.5 Å². The molecule has 1 atom stereocenters. The molecular weight excluding hydrogens is 319 g/mol. The van der Waals surface area contributed by atoms with Crippen molar-refractivity contribution in [1.82, 2.24) is 14.5 Å². The molecule has 3 nitrogen and oxygen atoms in total. The lowest BCUT2D eigenvalue weighted by molar-refractivity contribution is 1.00. The molecule has 0 aliphatic heterocycles. The van der Waals surface area contributed by atoms with Crippen molar-refractivity contribution in [2.24, 2.45) is 0 Å². The van der Waals surface area contributed by atoms with E-state index < -0.39 is 0 Å². The summed E-state index contributed by atoms with van der Waals surface area (Å²) in [5, 5.41) is 5.97. The molecule has 13 heavy (non-hydrogen) atoms. The van der Waals surface area contributed by atoms with Gasteiger partial charge >= 0.3 is 0 Å². The first-order valence-corrected chi connectivity index (χ1v) is 8.04. The molecule has 0 bridgehead atoms. The Balaban J connectivity index is 2.81. The van der Waals surface area contributed by atoms with Gasteiger partial charge in [-0.15, -0.1) is 0 Å². The Morgan fingerprint density at radius 3 is 3.08 bits per heavy atom. The molecule has 0 radical (unpaired) electrons. The summed E-state index contributed by atoms with van der Waals surface area (Å²) in [6.07, 6.45) is 2.36. The van der Waals surface area contributed by atoms with Crippen LogP contribution >= 0.6 is 40.0 Å². The average molecular weight is 325 g/mol. The molecule has 6 heteroatoms. The van der Waals surface area contributed by atoms with Gasteiger partial charge in [0.1, 0.15) is 5.15 Å². The number of nitrogens with zero attached hydrogens (tertiary/aromatic N) is 3. The number of hydrogen-bond donors (Lipinski definition) is 0. The second-order valence-electron chi connectivity index (χ2n) is 2.61. The second kappa shape index (κ2) is 3.67. The van der Waals surface area contributed by atoms with E-state index in [4.69, 9.17) is 11.6 Å². The largest absolute Gasteiger partial charge is 0.244 e. The molecule has 0 spiro atoms. The lowest BCUT2D eigenvalue weighted by atomic mass is 10.3. The van der Waals surface area contributed by atoms with Crippen molar-refractivity contribution in [3.05, 3.63) is 23.1 Å². The van der Waals surface area contributed by atoms with E-state index in [9.17, 15) is 0 Å². The minimum absolute atomic E-state index is 0.517. The maximum absolute atomic E-state index is 5.81. The summed E-state index contributed by atoms with van der Waals surface area (Å²) in [7, 11) is 0. The zero-order chi connectivity index (χ0) is 9.42. The first kappa shape index (κ1) is 9.62. The monoisotopic (exact) mass is 325 g/mol. The van der Waals surface area contributed by atoms with Gasteiger partial charge in [0.25, 0.3) is 0 Å². The summed E-state index contributed by atoms with van der Waals surface area (Å²) in [4.78, 5) is 4.03. The number of aryl methyl sites for hydroxylation is 1. The maximum atomic E-state index is 5.81. The first-order chi connectivity index (χ1) is 6.22. The van der Waals surface area contributed by atoms with Crippen LogP contribution in [0.3, 0.4) is 0 Å². The molecule has 0 amide bonds. The quantitative estimate of drug-likeness (QED) is 0.458. The highest BCUT2D eigenvalue weighted by atomic mass is 127. The van der Waals surface area contributed by atoms with Crippen LogP contribution in [0.25, 0.3) is 10.9 Å². The lowest BCUT2D eigenvalue weighted by Crippen LogP contribution is -1.82. The molecule has 68 valence electrons. The molecule has 0 saturated heterocycles. The molecule has 0 aliphatic carbocycles. The summed E-state index contributed by atoms with van der Waals surface area (Å²) in [5.41, 5.74) is 2.06. The van der Waals surface area contributed by atoms with Crippen molar-refractivity contribution < 1.29 is 0 Å². The van der Waals surface area contributed by atoms with Gasteiger partial charge in [-0.1, -0.05) is 11.6 Å². The van der Waals surface area contributed by atoms with E-state index in [1.807, 2.05) is 17.4 Å². The van der Waals surface area contributed by atoms with Gasteiger partial charge in [0, 0.05) is 17.6 Å². The molecule has 2 aromatic heterocycles. The zero-order valence-corrected chi connectivity index (χ0v) is 10.7. The molecule has 2 heterocycles. The molecule has 1 unspecified atom stereocenters. The molecule has 2 rings (SSSR count). The summed E-state index contributed by atoms with van der Waals surface area (Å²) >= 11 is 8.10. The van der Waals surface area contributed by atoms with Gasteiger partial charge < -0.3 is 0 Å². The van der Waals surface area contributed by atoms with Crippen molar-refractivity contribution in [3.8, 4) is 0 Å². The van der Waals surface area contributed by atoms with E-state index >= 15 is 0 Å². The summed E-state index contributed by atoms with van der Waals surface area (Å²) < 4.78 is 1.94. The van der Waals surface area contributed by atoms with Crippen molar-refractivity contribution in [2.75, 3.05) is 0 Å². The molecule has 0 N–H and O–H groups in total. The molecule has 0 aromatic carbocycles. The predicted octanol–water partition coefficient (Wildman–Crippen LogP) is 3.18. The van der Waals surface area contributed by atoms with E-state index in [0.717, 1.165) is 16.6 Å². The highest BCUT2D eigenvalue weighted by Gasteiger charge is 2.06. The minimum Gasteiger partial charge on any atom is -0.244 e. The predicted molar refractivity (Wildman–Crippen MR) is 65.0 cm³/mol. The van der Waals surface area contributed by atoms with Crippen LogP contribution in [0.1, 0.15) is 5.69 Å². The van der Waals surface area contributed by atoms with Crippen molar-refractivity contribution >= 4 is 50.9 Å². The van der Waals surface area contributed by atoms with E-state index in [1.54, 1.807) is 6.20 Å². The molecular formula is C7H6ClIN3P. The molecule has 2 aromatic rings. The number of pyridine rings is 1. The third-order valence-corrected chi connectivity index (χ3v) is 3.88. The van der Waals surface area contributed by atoms with Gasteiger partial charge in [-0.25, -0.2) is 9.44 Å². The van der Waals surface area contributed by atoms with E-state index in [1.165, 1.54) is 0 Å². The number of hydrogen-bond acceptors (Lipinski definition) is 2. The zero-order valence-electron chi connectivity index (χ0n) is 6.75. The highest BCUT2D eigenvalue weighted by Crippen LogP contribution is 2.30. The average Bonchev–Trinajstić information content (AvgIpc) is 2.42. The number of fused-ring (bicyclic) bond motifs is 1. The summed E-state index contributed by atoms with van der Waals surface area (Å²) in [6.45, 7) is 1.98. The SMILES string of the molecule is Cc1nn(PI)c2cc(Cl)ncc12. The van der Waals surface area contributed by atoms with Gasteiger partial charge in [-0.3, -0.25) is 0 Å². The summed E-state index contributed by atoms with van der Waals surface area (Å²) in [5.74, 6) is 0. The third kappa shape index (κ3) is 1.67. The van der Waals surface area contributed by atoms with Crippen molar-refractivity contribution in [3.63, 3.8) is 0 Å². The van der Waals surface area contributed by atoms with Crippen molar-refractivity contribution in [2.45, 2.75) is 6.92 Å². The molecule has 0 aliphatic rings. The van der Waals surface area contributed by atoms with Crippen LogP contribution in [0.5, 0.6) is 0 Å². The van der Waals surface area contributed by atoms with Crippen molar-refractivity contribution in [1.29, 1.82) is 0 Å². The van der Waals surface area contributed by atoms with E-state index in [2.05, 4.69) is 32.1 Å². The van der Waals surface area contributed by atoms with Crippen LogP contribution in [0.15, 0.2) is 12.3 Å². The topological polar surface area (TPSA) is 30.7 Å². The third-order valence-electron chi connectivity index (χ3n) is 1.80. The lowest BCUT2D eigenvalue weighted by Gasteiger charge is -1.95. The fourth-order valence-corrected chi connectivity index (χ4v) is 2.92. The Morgan fingerprint density at radius 2 is 2.38 bits per heavy atom. The number of aromatic nitrogens is 3. The van der Waals surface area contributed by atoms with Crippen LogP contribution in [0.2, 0.25) is 5.15 Å². The Kier molecular flexibility index (Phi) is 2.72. The Bertz CT molecular complexity index is 456. The maximum Gasteiger partial charge on any atom is 0.131 e. The van der Waals surface area contributed by atoms with Crippen LogP contribution in [0.4, 0.5) is 0 Å². The fourth-order valence-electron chi connectivity index (χ4n) is 1.20. The van der Waals surface area contributed by atoms with Gasteiger partial charge in [0.2, 0.25) is 0 Å². The van der Waals surface area contributed by atoms with E-state index in [0.29, 0.717) is 11.5 Å². The van der Waals surface area contributed by atoms with Gasteiger partial charge in [-0.05, 0) is 29.0 Å². The fraction of sp³-hybridized carbons (Fsp3) is 0.143.